The number of hydrogen-bond donors (Lipinski definition) is 0. The van der Waals surface area contributed by atoms with Crippen LogP contribution in [0.5, 0.6) is 0 Å². The third-order valence-electron chi connectivity index (χ3n) is 2.37. The molecule has 1 aliphatic rings. The fourth-order valence-electron chi connectivity index (χ4n) is 1.64. The molecule has 1 saturated heterocycles. The van der Waals surface area contributed by atoms with Crippen molar-refractivity contribution < 1.29 is 19.1 Å². The lowest BCUT2D eigenvalue weighted by molar-refractivity contribution is -0.163. The van der Waals surface area contributed by atoms with Gasteiger partial charge < -0.3 is 9.47 Å². The first-order valence-corrected chi connectivity index (χ1v) is 5.38. The highest BCUT2D eigenvalue weighted by Crippen LogP contribution is 2.16. The molecule has 0 aromatic heterocycles. The summed E-state index contributed by atoms with van der Waals surface area (Å²) in [6.07, 6.45) is 0.589. The minimum atomic E-state index is -0.674. The normalized spacial score (nSPS) is 22.7. The molecule has 0 spiro atoms. The molecule has 0 bridgehead atoms. The molecule has 86 valence electrons. The Hall–Kier alpha value is -1.06. The fourth-order valence-corrected chi connectivity index (χ4v) is 1.64. The van der Waals surface area contributed by atoms with Crippen LogP contribution in [0.1, 0.15) is 33.6 Å². The van der Waals surface area contributed by atoms with Crippen LogP contribution in [0, 0.1) is 11.8 Å². The Morgan fingerprint density at radius 2 is 2.20 bits per heavy atom. The minimum Gasteiger partial charge on any atom is -0.463 e. The lowest BCUT2D eigenvalue weighted by Gasteiger charge is -2.15. The van der Waals surface area contributed by atoms with Crippen molar-refractivity contribution in [1.82, 2.24) is 0 Å². The number of cyclic esters (lactones) is 1. The zero-order chi connectivity index (χ0) is 11.4. The van der Waals surface area contributed by atoms with E-state index in [2.05, 4.69) is 0 Å². The van der Waals surface area contributed by atoms with Crippen LogP contribution in [0.25, 0.3) is 0 Å². The molecule has 0 aromatic carbocycles. The van der Waals surface area contributed by atoms with E-state index in [9.17, 15) is 9.59 Å². The second kappa shape index (κ2) is 5.14. The molecule has 0 radical (unpaired) electrons. The van der Waals surface area contributed by atoms with Crippen LogP contribution in [0.2, 0.25) is 0 Å². The standard InChI is InChI=1S/C11H18O4/c1-7(2)6-8(3)10(12)15-9-4-5-14-11(9)13/h7-9H,4-6H2,1-3H3. The van der Waals surface area contributed by atoms with E-state index in [4.69, 9.17) is 9.47 Å². The van der Waals surface area contributed by atoms with Crippen LogP contribution in [-0.2, 0) is 19.1 Å². The van der Waals surface area contributed by atoms with Gasteiger partial charge in [-0.15, -0.1) is 0 Å². The van der Waals surface area contributed by atoms with Gasteiger partial charge in [-0.1, -0.05) is 20.8 Å². The van der Waals surface area contributed by atoms with Crippen molar-refractivity contribution in [3.05, 3.63) is 0 Å². The van der Waals surface area contributed by atoms with Gasteiger partial charge >= 0.3 is 11.9 Å². The molecule has 1 rings (SSSR count). The lowest BCUT2D eigenvalue weighted by Crippen LogP contribution is -2.26. The maximum atomic E-state index is 11.6. The monoisotopic (exact) mass is 214 g/mol. The summed E-state index contributed by atoms with van der Waals surface area (Å²) in [5.74, 6) is -0.422. The van der Waals surface area contributed by atoms with Crippen molar-refractivity contribution in [2.75, 3.05) is 6.61 Å². The Morgan fingerprint density at radius 3 is 2.67 bits per heavy atom. The molecule has 0 saturated carbocycles. The molecule has 15 heavy (non-hydrogen) atoms. The van der Waals surface area contributed by atoms with E-state index < -0.39 is 12.1 Å². The summed E-state index contributed by atoms with van der Waals surface area (Å²) < 4.78 is 9.78. The molecule has 0 amide bonds. The largest absolute Gasteiger partial charge is 0.463 e. The SMILES string of the molecule is CC(C)CC(C)C(=O)OC1CCOC1=O. The molecule has 1 heterocycles. The summed E-state index contributed by atoms with van der Waals surface area (Å²) in [5, 5.41) is 0. The fraction of sp³-hybridized carbons (Fsp3) is 0.818. The van der Waals surface area contributed by atoms with Gasteiger partial charge in [0.15, 0.2) is 0 Å². The minimum absolute atomic E-state index is 0.154. The second-order valence-corrected chi connectivity index (χ2v) is 4.41. The van der Waals surface area contributed by atoms with Crippen LogP contribution >= 0.6 is 0 Å². The van der Waals surface area contributed by atoms with Crippen molar-refractivity contribution in [2.45, 2.75) is 39.7 Å². The van der Waals surface area contributed by atoms with E-state index in [0.29, 0.717) is 18.9 Å². The van der Waals surface area contributed by atoms with Crippen LogP contribution in [-0.4, -0.2) is 24.6 Å². The van der Waals surface area contributed by atoms with E-state index in [0.717, 1.165) is 6.42 Å². The molecule has 4 nitrogen and oxygen atoms in total. The molecule has 2 unspecified atom stereocenters. The molecule has 0 aliphatic carbocycles. The average Bonchev–Trinajstić information content (AvgIpc) is 2.50. The Labute approximate surface area is 89.9 Å². The van der Waals surface area contributed by atoms with Gasteiger partial charge in [0.25, 0.3) is 0 Å². The Kier molecular flexibility index (Phi) is 4.12. The first kappa shape index (κ1) is 12.0. The predicted octanol–water partition coefficient (Wildman–Crippen LogP) is 1.53. The first-order chi connectivity index (χ1) is 7.00. The maximum absolute atomic E-state index is 11.6. The van der Waals surface area contributed by atoms with Gasteiger partial charge in [0.05, 0.1) is 12.5 Å². The van der Waals surface area contributed by atoms with Gasteiger partial charge in [-0.25, -0.2) is 4.79 Å². The van der Waals surface area contributed by atoms with E-state index in [1.54, 1.807) is 0 Å². The number of ether oxygens (including phenoxy) is 2. The van der Waals surface area contributed by atoms with Crippen LogP contribution in [0.3, 0.4) is 0 Å². The predicted molar refractivity (Wildman–Crippen MR) is 54.1 cm³/mol. The van der Waals surface area contributed by atoms with Crippen LogP contribution in [0.15, 0.2) is 0 Å². The van der Waals surface area contributed by atoms with Gasteiger partial charge in [-0.3, -0.25) is 4.79 Å². The second-order valence-electron chi connectivity index (χ2n) is 4.41. The summed E-state index contributed by atoms with van der Waals surface area (Å²) in [6, 6.07) is 0. The number of hydrogen-bond acceptors (Lipinski definition) is 4. The van der Waals surface area contributed by atoms with E-state index in [1.165, 1.54) is 0 Å². The van der Waals surface area contributed by atoms with Crippen molar-refractivity contribution in [3.8, 4) is 0 Å². The number of esters is 2. The van der Waals surface area contributed by atoms with Gasteiger partial charge in [0.1, 0.15) is 0 Å². The highest BCUT2D eigenvalue weighted by molar-refractivity contribution is 5.81. The van der Waals surface area contributed by atoms with E-state index >= 15 is 0 Å². The van der Waals surface area contributed by atoms with Crippen molar-refractivity contribution in [2.24, 2.45) is 11.8 Å². The molecule has 2 atom stereocenters. The van der Waals surface area contributed by atoms with Gasteiger partial charge in [-0.2, -0.15) is 0 Å². The quantitative estimate of drug-likeness (QED) is 0.666. The summed E-state index contributed by atoms with van der Waals surface area (Å²) in [4.78, 5) is 22.6. The highest BCUT2D eigenvalue weighted by atomic mass is 16.6. The number of carbonyl (C=O) groups is 2. The summed E-state index contributed by atoms with van der Waals surface area (Å²) >= 11 is 0. The van der Waals surface area contributed by atoms with E-state index in [-0.39, 0.29) is 11.9 Å². The Bertz CT molecular complexity index is 247. The first-order valence-electron chi connectivity index (χ1n) is 5.38. The number of carbonyl (C=O) groups excluding carboxylic acids is 2. The molecule has 1 aliphatic heterocycles. The molecule has 1 fully saturated rings. The summed E-state index contributed by atoms with van der Waals surface area (Å²) in [7, 11) is 0. The smallest absolute Gasteiger partial charge is 0.347 e. The molecule has 0 N–H and O–H groups in total. The summed E-state index contributed by atoms with van der Waals surface area (Å²) in [6.45, 7) is 6.28. The van der Waals surface area contributed by atoms with E-state index in [1.807, 2.05) is 20.8 Å². The third-order valence-corrected chi connectivity index (χ3v) is 2.37. The third kappa shape index (κ3) is 3.53. The van der Waals surface area contributed by atoms with Crippen molar-refractivity contribution in [1.29, 1.82) is 0 Å². The zero-order valence-corrected chi connectivity index (χ0v) is 9.49. The topological polar surface area (TPSA) is 52.6 Å². The van der Waals surface area contributed by atoms with Crippen LogP contribution in [0.4, 0.5) is 0 Å². The maximum Gasteiger partial charge on any atom is 0.347 e. The van der Waals surface area contributed by atoms with Crippen LogP contribution < -0.4 is 0 Å². The Morgan fingerprint density at radius 1 is 1.53 bits per heavy atom. The molecular weight excluding hydrogens is 196 g/mol. The summed E-state index contributed by atoms with van der Waals surface area (Å²) in [5.41, 5.74) is 0. The molecule has 4 heteroatoms. The van der Waals surface area contributed by atoms with Gasteiger partial charge in [-0.05, 0) is 12.3 Å². The van der Waals surface area contributed by atoms with Crippen molar-refractivity contribution in [3.63, 3.8) is 0 Å². The number of rotatable bonds is 4. The average molecular weight is 214 g/mol. The van der Waals surface area contributed by atoms with Gasteiger partial charge in [0, 0.05) is 6.42 Å². The van der Waals surface area contributed by atoms with Crippen molar-refractivity contribution >= 4 is 11.9 Å². The highest BCUT2D eigenvalue weighted by Gasteiger charge is 2.31. The zero-order valence-electron chi connectivity index (χ0n) is 9.49. The lowest BCUT2D eigenvalue weighted by atomic mass is 9.99. The molecule has 0 aromatic rings. The Balaban J connectivity index is 2.37. The van der Waals surface area contributed by atoms with Gasteiger partial charge in [0.2, 0.25) is 6.10 Å². The molecular formula is C11H18O4.